The van der Waals surface area contributed by atoms with E-state index in [1.807, 2.05) is 41.8 Å². The van der Waals surface area contributed by atoms with Crippen molar-refractivity contribution in [2.45, 2.75) is 50.7 Å². The molecule has 0 unspecified atom stereocenters. The second kappa shape index (κ2) is 13.8. The molecule has 1 aliphatic carbocycles. The molecule has 0 radical (unpaired) electrons. The van der Waals surface area contributed by atoms with Crippen LogP contribution in [0.2, 0.25) is 0 Å². The topological polar surface area (TPSA) is 115 Å². The smallest absolute Gasteiger partial charge is 0.248 e. The highest BCUT2D eigenvalue weighted by Crippen LogP contribution is 2.28. The molecule has 12 heteroatoms. The first-order valence-corrected chi connectivity index (χ1v) is 14.8. The van der Waals surface area contributed by atoms with Gasteiger partial charge < -0.3 is 19.7 Å². The maximum Gasteiger partial charge on any atom is 0.248 e. The van der Waals surface area contributed by atoms with Crippen LogP contribution in [-0.2, 0) is 20.9 Å². The third kappa shape index (κ3) is 7.23. The van der Waals surface area contributed by atoms with E-state index in [0.717, 1.165) is 81.1 Å². The zero-order chi connectivity index (χ0) is 27.7. The molecule has 1 aromatic carbocycles. The van der Waals surface area contributed by atoms with Crippen molar-refractivity contribution < 1.29 is 19.1 Å². The minimum absolute atomic E-state index is 0.112. The first-order chi connectivity index (χ1) is 19.6. The zero-order valence-electron chi connectivity index (χ0n) is 22.9. The Hall–Kier alpha value is -3.35. The number of hydrogen-bond acceptors (Lipinski definition) is 9. The molecular formula is C28H37N7O4S. The van der Waals surface area contributed by atoms with Crippen LogP contribution in [0.15, 0.2) is 41.8 Å². The van der Waals surface area contributed by atoms with Gasteiger partial charge in [-0.1, -0.05) is 18.9 Å². The summed E-state index contributed by atoms with van der Waals surface area (Å²) in [6.07, 6.45) is 4.93. The molecular weight excluding hydrogens is 530 g/mol. The number of carbonyl (C=O) groups excluding carboxylic acids is 2. The van der Waals surface area contributed by atoms with Crippen molar-refractivity contribution in [3.05, 3.63) is 46.7 Å². The normalized spacial score (nSPS) is 17.0. The lowest BCUT2D eigenvalue weighted by molar-refractivity contribution is -0.142. The molecule has 1 aliphatic heterocycles. The zero-order valence-corrected chi connectivity index (χ0v) is 23.7. The summed E-state index contributed by atoms with van der Waals surface area (Å²) in [5, 5.41) is 17.9. The Balaban J connectivity index is 1.34. The van der Waals surface area contributed by atoms with Crippen LogP contribution in [0, 0.1) is 0 Å². The van der Waals surface area contributed by atoms with E-state index in [2.05, 4.69) is 25.6 Å². The molecule has 2 aromatic heterocycles. The van der Waals surface area contributed by atoms with Gasteiger partial charge in [-0.25, -0.2) is 0 Å². The van der Waals surface area contributed by atoms with Gasteiger partial charge in [0, 0.05) is 42.7 Å². The number of tetrazole rings is 1. The highest BCUT2D eigenvalue weighted by atomic mass is 32.1. The van der Waals surface area contributed by atoms with Crippen molar-refractivity contribution in [2.75, 3.05) is 46.5 Å². The number of aromatic nitrogens is 4. The summed E-state index contributed by atoms with van der Waals surface area (Å²) in [7, 11) is 1.61. The Morgan fingerprint density at radius 1 is 1.18 bits per heavy atom. The Labute approximate surface area is 238 Å². The number of morpholine rings is 1. The third-order valence-corrected chi connectivity index (χ3v) is 8.37. The predicted octanol–water partition coefficient (Wildman–Crippen LogP) is 2.76. The number of thiophene rings is 1. The van der Waals surface area contributed by atoms with Gasteiger partial charge in [-0.3, -0.25) is 14.5 Å². The maximum absolute atomic E-state index is 13.9. The van der Waals surface area contributed by atoms with Gasteiger partial charge in [-0.15, -0.1) is 21.5 Å². The van der Waals surface area contributed by atoms with Crippen LogP contribution in [0.4, 0.5) is 0 Å². The van der Waals surface area contributed by atoms with E-state index in [0.29, 0.717) is 12.4 Å². The van der Waals surface area contributed by atoms with Crippen LogP contribution < -0.4 is 10.1 Å². The Bertz CT molecular complexity index is 1220. The van der Waals surface area contributed by atoms with Gasteiger partial charge in [0.1, 0.15) is 18.3 Å². The quantitative estimate of drug-likeness (QED) is 0.355. The molecule has 11 nitrogen and oxygen atoms in total. The van der Waals surface area contributed by atoms with Gasteiger partial charge in [0.15, 0.2) is 0 Å². The monoisotopic (exact) mass is 567 g/mol. The molecule has 5 rings (SSSR count). The number of benzene rings is 1. The average molecular weight is 568 g/mol. The summed E-state index contributed by atoms with van der Waals surface area (Å²) in [6, 6.07) is 10.7. The molecule has 1 saturated heterocycles. The fourth-order valence-corrected chi connectivity index (χ4v) is 6.12. The van der Waals surface area contributed by atoms with E-state index >= 15 is 0 Å². The summed E-state index contributed by atoms with van der Waals surface area (Å²) in [4.78, 5) is 33.8. The summed E-state index contributed by atoms with van der Waals surface area (Å²) in [5.41, 5.74) is 0.772. The fraction of sp³-hybridized carbons (Fsp3) is 0.536. The van der Waals surface area contributed by atoms with Gasteiger partial charge in [-0.05, 0) is 60.2 Å². The van der Waals surface area contributed by atoms with Gasteiger partial charge in [-0.2, -0.15) is 4.80 Å². The highest BCUT2D eigenvalue weighted by molar-refractivity contribution is 7.10. The van der Waals surface area contributed by atoms with Gasteiger partial charge in [0.2, 0.25) is 17.6 Å². The first-order valence-electron chi connectivity index (χ1n) is 14.0. The van der Waals surface area contributed by atoms with Crippen molar-refractivity contribution in [3.63, 3.8) is 0 Å². The molecule has 1 N–H and O–H groups in total. The Morgan fingerprint density at radius 2 is 1.95 bits per heavy atom. The molecule has 40 heavy (non-hydrogen) atoms. The molecule has 214 valence electrons. The van der Waals surface area contributed by atoms with Crippen LogP contribution in [0.25, 0.3) is 11.4 Å². The number of methoxy groups -OCH3 is 1. The largest absolute Gasteiger partial charge is 0.497 e. The molecule has 2 amide bonds. The highest BCUT2D eigenvalue weighted by Gasteiger charge is 2.34. The minimum Gasteiger partial charge on any atom is -0.497 e. The van der Waals surface area contributed by atoms with Crippen LogP contribution in [0.3, 0.4) is 0 Å². The lowest BCUT2D eigenvalue weighted by atomic mass is 10.1. The number of rotatable bonds is 12. The van der Waals surface area contributed by atoms with Crippen LogP contribution >= 0.6 is 11.3 Å². The molecule has 1 saturated carbocycles. The molecule has 0 bridgehead atoms. The second-order valence-electron chi connectivity index (χ2n) is 10.2. The molecule has 3 aromatic rings. The van der Waals surface area contributed by atoms with Crippen molar-refractivity contribution >= 4 is 23.2 Å². The SMILES string of the molecule is COc1ccc(-c2nnn(CC(=O)N(CCCN3CCOCC3)[C@H](C(=O)NC3CCCC3)c3cccs3)n2)cc1. The predicted molar refractivity (Wildman–Crippen MR) is 151 cm³/mol. The Kier molecular flexibility index (Phi) is 9.74. The average Bonchev–Trinajstić information content (AvgIpc) is 3.77. The number of amides is 2. The first kappa shape index (κ1) is 28.2. The van der Waals surface area contributed by atoms with E-state index in [1.54, 1.807) is 12.0 Å². The summed E-state index contributed by atoms with van der Waals surface area (Å²) in [5.74, 6) is 0.804. The number of hydrogen-bond donors (Lipinski definition) is 1. The van der Waals surface area contributed by atoms with E-state index in [-0.39, 0.29) is 24.4 Å². The third-order valence-electron chi connectivity index (χ3n) is 7.45. The van der Waals surface area contributed by atoms with Crippen LogP contribution in [-0.4, -0.2) is 94.4 Å². The molecule has 2 fully saturated rings. The van der Waals surface area contributed by atoms with Gasteiger partial charge in [0.05, 0.1) is 20.3 Å². The molecule has 1 atom stereocenters. The van der Waals surface area contributed by atoms with Gasteiger partial charge in [0.25, 0.3) is 0 Å². The lowest BCUT2D eigenvalue weighted by Crippen LogP contribution is -2.48. The van der Waals surface area contributed by atoms with E-state index in [1.165, 1.54) is 16.1 Å². The molecule has 3 heterocycles. The number of nitrogens with one attached hydrogen (secondary N) is 1. The van der Waals surface area contributed by atoms with Gasteiger partial charge >= 0.3 is 0 Å². The fourth-order valence-electron chi connectivity index (χ4n) is 5.29. The summed E-state index contributed by atoms with van der Waals surface area (Å²) in [6.45, 7) is 4.36. The number of ether oxygens (including phenoxy) is 2. The van der Waals surface area contributed by atoms with E-state index < -0.39 is 6.04 Å². The molecule has 2 aliphatic rings. The van der Waals surface area contributed by atoms with Crippen LogP contribution in [0.5, 0.6) is 5.75 Å². The lowest BCUT2D eigenvalue weighted by Gasteiger charge is -2.32. The summed E-state index contributed by atoms with van der Waals surface area (Å²) >= 11 is 1.49. The number of carbonyl (C=O) groups is 2. The minimum atomic E-state index is -0.706. The second-order valence-corrected chi connectivity index (χ2v) is 11.2. The van der Waals surface area contributed by atoms with Crippen LogP contribution in [0.1, 0.15) is 43.0 Å². The Morgan fingerprint density at radius 3 is 2.65 bits per heavy atom. The standard InChI is InChI=1S/C28H37N7O4S/c1-38-23-11-9-21(10-12-23)27-30-32-35(31-27)20-25(36)34(14-5-13-33-15-17-39-18-16-33)26(24-8-4-19-40-24)28(37)29-22-6-2-3-7-22/h4,8-12,19,22,26H,2-3,5-7,13-18,20H2,1H3,(H,29,37)/t26-/m0/s1. The van der Waals surface area contributed by atoms with E-state index in [9.17, 15) is 9.59 Å². The molecule has 0 spiro atoms. The van der Waals surface area contributed by atoms with Crippen molar-refractivity contribution in [3.8, 4) is 17.1 Å². The van der Waals surface area contributed by atoms with Crippen molar-refractivity contribution in [2.24, 2.45) is 0 Å². The van der Waals surface area contributed by atoms with E-state index in [4.69, 9.17) is 9.47 Å². The summed E-state index contributed by atoms with van der Waals surface area (Å²) < 4.78 is 10.7. The number of nitrogens with zero attached hydrogens (tertiary/aromatic N) is 6. The van der Waals surface area contributed by atoms with Crippen molar-refractivity contribution in [1.82, 2.24) is 35.3 Å². The van der Waals surface area contributed by atoms with Crippen molar-refractivity contribution in [1.29, 1.82) is 0 Å². The maximum atomic E-state index is 13.9.